The minimum absolute atomic E-state index is 0.0722. The zero-order valence-electron chi connectivity index (χ0n) is 20.9. The quantitative estimate of drug-likeness (QED) is 0.383. The molecule has 0 aliphatic carbocycles. The van der Waals surface area contributed by atoms with E-state index in [-0.39, 0.29) is 17.0 Å². The zero-order chi connectivity index (χ0) is 23.0. The van der Waals surface area contributed by atoms with Gasteiger partial charge < -0.3 is 4.74 Å². The summed E-state index contributed by atoms with van der Waals surface area (Å²) in [5.74, 6) is 0.275. The van der Waals surface area contributed by atoms with Crippen LogP contribution in [-0.2, 0) is 14.3 Å². The average Bonchev–Trinajstić information content (AvgIpc) is 2.41. The van der Waals surface area contributed by atoms with Crippen molar-refractivity contribution < 1.29 is 14.3 Å². The van der Waals surface area contributed by atoms with Crippen molar-refractivity contribution in [3.63, 3.8) is 0 Å². The minimum Gasteiger partial charge on any atom is -0.362 e. The molecule has 0 heterocycles. The first-order valence-corrected chi connectivity index (χ1v) is 10.4. The lowest BCUT2D eigenvalue weighted by Crippen LogP contribution is -2.51. The van der Waals surface area contributed by atoms with E-state index >= 15 is 0 Å². The van der Waals surface area contributed by atoms with Crippen molar-refractivity contribution in [1.82, 2.24) is 0 Å². The molecule has 0 fully saturated rings. The summed E-state index contributed by atoms with van der Waals surface area (Å²) >= 11 is 0. The Bertz CT molecular complexity index is 596. The number of allylic oxidation sites excluding steroid dienone is 1. The summed E-state index contributed by atoms with van der Waals surface area (Å²) in [5.41, 5.74) is -3.21. The van der Waals surface area contributed by atoms with Gasteiger partial charge in [-0.3, -0.25) is 9.59 Å². The fourth-order valence-electron chi connectivity index (χ4n) is 5.04. The molecule has 0 aromatic carbocycles. The highest BCUT2D eigenvalue weighted by Crippen LogP contribution is 2.42. The molecule has 28 heavy (non-hydrogen) atoms. The SMILES string of the molecule is C=CC(C)(C)CC(C)(C)C(=O)C(C)(C)OC(C)(C)CC(C)(C)C(=O)C(C)(C)C. The van der Waals surface area contributed by atoms with Crippen LogP contribution < -0.4 is 0 Å². The second-order valence-corrected chi connectivity index (χ2v) is 12.6. The van der Waals surface area contributed by atoms with Crippen LogP contribution in [-0.4, -0.2) is 22.8 Å². The Morgan fingerprint density at radius 3 is 1.46 bits per heavy atom. The smallest absolute Gasteiger partial charge is 0.169 e. The number of rotatable bonds is 10. The Labute approximate surface area is 174 Å². The van der Waals surface area contributed by atoms with Crippen LogP contribution in [0.2, 0.25) is 0 Å². The second kappa shape index (κ2) is 8.05. The van der Waals surface area contributed by atoms with Crippen LogP contribution in [0, 0.1) is 21.7 Å². The van der Waals surface area contributed by atoms with Gasteiger partial charge in [-0.25, -0.2) is 0 Å². The standard InChI is InChI=1S/C25H46O3/c1-15-21(5,6)16-22(7,8)19(27)25(13,14)28-24(11,12)17-23(9,10)18(26)20(2,3)4/h15H,1,16-17H2,2-14H3. The summed E-state index contributed by atoms with van der Waals surface area (Å²) in [6, 6.07) is 0. The fraction of sp³-hybridized carbons (Fsp3) is 0.840. The fourth-order valence-corrected chi connectivity index (χ4v) is 5.04. The molecule has 0 radical (unpaired) electrons. The largest absolute Gasteiger partial charge is 0.362 e. The summed E-state index contributed by atoms with van der Waals surface area (Å²) in [6.45, 7) is 29.5. The lowest BCUT2D eigenvalue weighted by atomic mass is 9.68. The van der Waals surface area contributed by atoms with Crippen LogP contribution >= 0.6 is 0 Å². The van der Waals surface area contributed by atoms with Gasteiger partial charge in [0.15, 0.2) is 5.78 Å². The molecule has 0 spiro atoms. The van der Waals surface area contributed by atoms with Crippen LogP contribution in [0.25, 0.3) is 0 Å². The van der Waals surface area contributed by atoms with Gasteiger partial charge in [-0.1, -0.05) is 68.4 Å². The summed E-state index contributed by atoms with van der Waals surface area (Å²) in [6.07, 6.45) is 3.15. The van der Waals surface area contributed by atoms with Gasteiger partial charge in [0, 0.05) is 16.2 Å². The summed E-state index contributed by atoms with van der Waals surface area (Å²) < 4.78 is 6.39. The second-order valence-electron chi connectivity index (χ2n) is 12.6. The summed E-state index contributed by atoms with van der Waals surface area (Å²) in [5, 5.41) is 0. The maximum Gasteiger partial charge on any atom is 0.169 e. The predicted octanol–water partition coefficient (Wildman–Crippen LogP) is 6.79. The van der Waals surface area contributed by atoms with Gasteiger partial charge in [-0.2, -0.15) is 0 Å². The summed E-state index contributed by atoms with van der Waals surface area (Å²) in [7, 11) is 0. The Morgan fingerprint density at radius 1 is 0.714 bits per heavy atom. The van der Waals surface area contributed by atoms with Crippen molar-refractivity contribution in [1.29, 1.82) is 0 Å². The van der Waals surface area contributed by atoms with Crippen molar-refractivity contribution in [3.05, 3.63) is 12.7 Å². The van der Waals surface area contributed by atoms with Crippen LogP contribution in [0.15, 0.2) is 12.7 Å². The normalized spacial score (nSPS) is 14.8. The molecule has 164 valence electrons. The number of ether oxygens (including phenoxy) is 1. The number of hydrogen-bond acceptors (Lipinski definition) is 3. The first-order valence-electron chi connectivity index (χ1n) is 10.4. The number of Topliss-reactive ketones (excluding diaryl/α,β-unsaturated/α-hetero) is 2. The van der Waals surface area contributed by atoms with Crippen LogP contribution in [0.4, 0.5) is 0 Å². The topological polar surface area (TPSA) is 43.4 Å². The van der Waals surface area contributed by atoms with E-state index in [1.165, 1.54) is 0 Å². The predicted molar refractivity (Wildman–Crippen MR) is 119 cm³/mol. The van der Waals surface area contributed by atoms with Crippen LogP contribution in [0.5, 0.6) is 0 Å². The highest BCUT2D eigenvalue weighted by Gasteiger charge is 2.47. The maximum absolute atomic E-state index is 13.4. The molecule has 0 aliphatic heterocycles. The Hall–Kier alpha value is -0.960. The Kier molecular flexibility index (Phi) is 7.77. The molecule has 0 aromatic heterocycles. The van der Waals surface area contributed by atoms with Gasteiger partial charge in [-0.05, 0) is 46.0 Å². The van der Waals surface area contributed by atoms with Gasteiger partial charge in [-0.15, -0.1) is 6.58 Å². The van der Waals surface area contributed by atoms with Crippen molar-refractivity contribution in [2.24, 2.45) is 21.7 Å². The zero-order valence-corrected chi connectivity index (χ0v) is 20.9. The highest BCUT2D eigenvalue weighted by molar-refractivity contribution is 5.91. The molecule has 0 unspecified atom stereocenters. The van der Waals surface area contributed by atoms with Crippen molar-refractivity contribution >= 4 is 11.6 Å². The number of hydrogen-bond donors (Lipinski definition) is 0. The van der Waals surface area contributed by atoms with E-state index in [9.17, 15) is 9.59 Å². The molecule has 0 saturated heterocycles. The lowest BCUT2D eigenvalue weighted by molar-refractivity contribution is -0.176. The minimum atomic E-state index is -0.953. The van der Waals surface area contributed by atoms with Crippen LogP contribution in [0.1, 0.15) is 103 Å². The molecule has 0 bridgehead atoms. The molecule has 0 aromatic rings. The molecular weight excluding hydrogens is 348 g/mol. The van der Waals surface area contributed by atoms with E-state index in [0.29, 0.717) is 12.8 Å². The highest BCUT2D eigenvalue weighted by atomic mass is 16.5. The molecule has 0 rings (SSSR count). The van der Waals surface area contributed by atoms with Gasteiger partial charge in [0.25, 0.3) is 0 Å². The molecular formula is C25H46O3. The van der Waals surface area contributed by atoms with Gasteiger partial charge in [0.1, 0.15) is 11.4 Å². The van der Waals surface area contributed by atoms with Crippen LogP contribution in [0.3, 0.4) is 0 Å². The lowest BCUT2D eigenvalue weighted by Gasteiger charge is -2.43. The molecule has 0 atom stereocenters. The molecule has 0 aliphatic rings. The third-order valence-corrected chi connectivity index (χ3v) is 5.31. The number of carbonyl (C=O) groups is 2. The first-order chi connectivity index (χ1) is 12.0. The van der Waals surface area contributed by atoms with E-state index in [2.05, 4.69) is 20.4 Å². The van der Waals surface area contributed by atoms with E-state index < -0.39 is 27.4 Å². The first kappa shape index (κ1) is 27.0. The van der Waals surface area contributed by atoms with E-state index in [4.69, 9.17) is 4.74 Å². The van der Waals surface area contributed by atoms with Crippen molar-refractivity contribution in [2.45, 2.75) is 114 Å². The number of carbonyl (C=O) groups excluding carboxylic acids is 2. The van der Waals surface area contributed by atoms with Crippen molar-refractivity contribution in [2.75, 3.05) is 0 Å². The maximum atomic E-state index is 13.4. The molecule has 0 N–H and O–H groups in total. The molecule has 0 saturated carbocycles. The van der Waals surface area contributed by atoms with Crippen molar-refractivity contribution in [3.8, 4) is 0 Å². The van der Waals surface area contributed by atoms with Gasteiger partial charge in [0.2, 0.25) is 0 Å². The van der Waals surface area contributed by atoms with E-state index in [0.717, 1.165) is 0 Å². The van der Waals surface area contributed by atoms with Gasteiger partial charge >= 0.3 is 0 Å². The number of ketones is 2. The summed E-state index contributed by atoms with van der Waals surface area (Å²) in [4.78, 5) is 26.3. The molecule has 3 nitrogen and oxygen atoms in total. The Morgan fingerprint density at radius 2 is 1.11 bits per heavy atom. The molecule has 0 amide bonds. The third-order valence-electron chi connectivity index (χ3n) is 5.31. The van der Waals surface area contributed by atoms with Gasteiger partial charge in [0.05, 0.1) is 5.60 Å². The Balaban J connectivity index is 5.53. The van der Waals surface area contributed by atoms with E-state index in [1.54, 1.807) is 0 Å². The molecule has 3 heteroatoms. The third kappa shape index (κ3) is 7.46. The average molecular weight is 395 g/mol. The monoisotopic (exact) mass is 394 g/mol. The van der Waals surface area contributed by atoms with E-state index in [1.807, 2.05) is 82.2 Å².